The first-order chi connectivity index (χ1) is 8.65. The second-order valence-electron chi connectivity index (χ2n) is 4.12. The molecule has 0 saturated carbocycles. The van der Waals surface area contributed by atoms with Crippen molar-refractivity contribution in [2.24, 2.45) is 0 Å². The van der Waals surface area contributed by atoms with Crippen molar-refractivity contribution < 1.29 is 9.53 Å². The molecule has 0 unspecified atom stereocenters. The van der Waals surface area contributed by atoms with Gasteiger partial charge >= 0.3 is 5.97 Å². The van der Waals surface area contributed by atoms with E-state index < -0.39 is 0 Å². The average molecular weight is 267 g/mol. The highest BCUT2D eigenvalue weighted by molar-refractivity contribution is 6.17. The summed E-state index contributed by atoms with van der Waals surface area (Å²) in [5, 5.41) is 0. The first-order valence-electron chi connectivity index (χ1n) is 5.74. The van der Waals surface area contributed by atoms with Crippen LogP contribution in [0.2, 0.25) is 0 Å². The summed E-state index contributed by atoms with van der Waals surface area (Å²) in [5.41, 5.74) is 2.95. The quantitative estimate of drug-likeness (QED) is 0.630. The summed E-state index contributed by atoms with van der Waals surface area (Å²) in [6.07, 6.45) is 0.631. The number of aryl methyl sites for hydroxylation is 2. The van der Waals surface area contributed by atoms with Gasteiger partial charge in [-0.2, -0.15) is 0 Å². The smallest absolute Gasteiger partial charge is 0.325 e. The van der Waals surface area contributed by atoms with E-state index >= 15 is 0 Å². The van der Waals surface area contributed by atoms with Crippen molar-refractivity contribution >= 4 is 28.6 Å². The normalized spacial score (nSPS) is 10.8. The fourth-order valence-electron chi connectivity index (χ4n) is 1.93. The molecule has 5 heteroatoms. The number of ether oxygens (including phenoxy) is 1. The summed E-state index contributed by atoms with van der Waals surface area (Å²) in [6, 6.07) is 5.97. The van der Waals surface area contributed by atoms with Crippen molar-refractivity contribution in [3.8, 4) is 0 Å². The molecule has 2 rings (SSSR count). The van der Waals surface area contributed by atoms with Crippen LogP contribution in [0.4, 0.5) is 0 Å². The monoisotopic (exact) mass is 266 g/mol. The molecule has 0 saturated heterocycles. The van der Waals surface area contributed by atoms with Crippen LogP contribution in [0.15, 0.2) is 18.2 Å². The number of aromatic nitrogens is 2. The average Bonchev–Trinajstić information content (AvgIpc) is 2.68. The largest absolute Gasteiger partial charge is 0.468 e. The molecule has 96 valence electrons. The SMILES string of the molecule is COC(=O)Cn1c(CCCl)nc2ccc(C)cc21. The van der Waals surface area contributed by atoms with Gasteiger partial charge in [0.15, 0.2) is 0 Å². The second kappa shape index (κ2) is 5.40. The van der Waals surface area contributed by atoms with Gasteiger partial charge < -0.3 is 9.30 Å². The number of carbonyl (C=O) groups is 1. The van der Waals surface area contributed by atoms with Gasteiger partial charge in [-0.1, -0.05) is 6.07 Å². The van der Waals surface area contributed by atoms with E-state index in [2.05, 4.69) is 4.98 Å². The molecule has 0 aliphatic heterocycles. The van der Waals surface area contributed by atoms with Crippen LogP contribution >= 0.6 is 11.6 Å². The van der Waals surface area contributed by atoms with Crippen molar-refractivity contribution in [2.45, 2.75) is 19.9 Å². The number of methoxy groups -OCH3 is 1. The number of alkyl halides is 1. The lowest BCUT2D eigenvalue weighted by Crippen LogP contribution is -2.14. The third kappa shape index (κ3) is 2.48. The molecule has 0 amide bonds. The van der Waals surface area contributed by atoms with Crippen molar-refractivity contribution in [2.75, 3.05) is 13.0 Å². The minimum Gasteiger partial charge on any atom is -0.468 e. The van der Waals surface area contributed by atoms with E-state index in [-0.39, 0.29) is 12.5 Å². The van der Waals surface area contributed by atoms with Crippen LogP contribution < -0.4 is 0 Å². The standard InChI is InChI=1S/C13H15ClN2O2/c1-9-3-4-10-11(7-9)16(8-13(17)18-2)12(15-10)5-6-14/h3-4,7H,5-6,8H2,1-2H3. The number of halogens is 1. The highest BCUT2D eigenvalue weighted by Crippen LogP contribution is 2.18. The van der Waals surface area contributed by atoms with Crippen LogP contribution in [0, 0.1) is 6.92 Å². The van der Waals surface area contributed by atoms with Gasteiger partial charge in [0.1, 0.15) is 12.4 Å². The van der Waals surface area contributed by atoms with Crippen LogP contribution in [-0.4, -0.2) is 28.5 Å². The molecule has 0 bridgehead atoms. The van der Waals surface area contributed by atoms with E-state index in [0.717, 1.165) is 22.4 Å². The lowest BCUT2D eigenvalue weighted by Gasteiger charge is -2.07. The molecule has 2 aromatic rings. The fraction of sp³-hybridized carbons (Fsp3) is 0.385. The summed E-state index contributed by atoms with van der Waals surface area (Å²) in [5.74, 6) is 1.01. The Morgan fingerprint density at radius 1 is 1.50 bits per heavy atom. The molecule has 0 spiro atoms. The van der Waals surface area contributed by atoms with Gasteiger partial charge in [0.2, 0.25) is 0 Å². The summed E-state index contributed by atoms with van der Waals surface area (Å²) >= 11 is 5.77. The van der Waals surface area contributed by atoms with Crippen LogP contribution in [0.1, 0.15) is 11.4 Å². The maximum atomic E-state index is 11.5. The van der Waals surface area contributed by atoms with Gasteiger partial charge in [-0.3, -0.25) is 4.79 Å². The fourth-order valence-corrected chi connectivity index (χ4v) is 2.10. The van der Waals surface area contributed by atoms with Gasteiger partial charge in [-0.25, -0.2) is 4.98 Å². The summed E-state index contributed by atoms with van der Waals surface area (Å²) in [4.78, 5) is 16.0. The maximum absolute atomic E-state index is 11.5. The van der Waals surface area contributed by atoms with Gasteiger partial charge in [0, 0.05) is 12.3 Å². The summed E-state index contributed by atoms with van der Waals surface area (Å²) in [6.45, 7) is 2.18. The summed E-state index contributed by atoms with van der Waals surface area (Å²) in [7, 11) is 1.38. The molecule has 1 heterocycles. The Morgan fingerprint density at radius 2 is 2.28 bits per heavy atom. The third-order valence-corrected chi connectivity index (χ3v) is 3.00. The number of imidazole rings is 1. The van der Waals surface area contributed by atoms with Gasteiger partial charge in [0.25, 0.3) is 0 Å². The van der Waals surface area contributed by atoms with Crippen LogP contribution in [0.3, 0.4) is 0 Å². The number of hydrogen-bond donors (Lipinski definition) is 0. The van der Waals surface area contributed by atoms with Crippen molar-refractivity contribution in [3.63, 3.8) is 0 Å². The predicted molar refractivity (Wildman–Crippen MR) is 70.9 cm³/mol. The second-order valence-corrected chi connectivity index (χ2v) is 4.50. The van der Waals surface area contributed by atoms with Crippen LogP contribution in [-0.2, 0) is 22.5 Å². The molecule has 0 aliphatic carbocycles. The first-order valence-corrected chi connectivity index (χ1v) is 6.27. The molecule has 4 nitrogen and oxygen atoms in total. The van der Waals surface area contributed by atoms with E-state index in [9.17, 15) is 4.79 Å². The van der Waals surface area contributed by atoms with Gasteiger partial charge in [-0.15, -0.1) is 11.6 Å². The molecule has 1 aromatic heterocycles. The zero-order valence-electron chi connectivity index (χ0n) is 10.4. The zero-order chi connectivity index (χ0) is 13.1. The van der Waals surface area contributed by atoms with Crippen molar-refractivity contribution in [1.29, 1.82) is 0 Å². The number of fused-ring (bicyclic) bond motifs is 1. The number of carbonyl (C=O) groups excluding carboxylic acids is 1. The molecule has 1 aromatic carbocycles. The van der Waals surface area contributed by atoms with E-state index in [0.29, 0.717) is 12.3 Å². The number of hydrogen-bond acceptors (Lipinski definition) is 3. The Hall–Kier alpha value is -1.55. The van der Waals surface area contributed by atoms with Crippen molar-refractivity contribution in [1.82, 2.24) is 9.55 Å². The Labute approximate surface area is 111 Å². The van der Waals surface area contributed by atoms with Gasteiger partial charge in [0.05, 0.1) is 18.1 Å². The maximum Gasteiger partial charge on any atom is 0.325 e. The Kier molecular flexibility index (Phi) is 3.87. The van der Waals surface area contributed by atoms with E-state index in [1.165, 1.54) is 7.11 Å². The van der Waals surface area contributed by atoms with E-state index in [1.807, 2.05) is 29.7 Å². The molecule has 0 N–H and O–H groups in total. The number of benzene rings is 1. The molecule has 0 aliphatic rings. The Balaban J connectivity index is 2.53. The van der Waals surface area contributed by atoms with Crippen LogP contribution in [0.5, 0.6) is 0 Å². The van der Waals surface area contributed by atoms with Gasteiger partial charge in [-0.05, 0) is 24.6 Å². The topological polar surface area (TPSA) is 44.1 Å². The Bertz CT molecular complexity index is 578. The highest BCUT2D eigenvalue weighted by atomic mass is 35.5. The zero-order valence-corrected chi connectivity index (χ0v) is 11.2. The Morgan fingerprint density at radius 3 is 2.94 bits per heavy atom. The molecule has 0 atom stereocenters. The minimum atomic E-state index is -0.286. The van der Waals surface area contributed by atoms with Crippen LogP contribution in [0.25, 0.3) is 11.0 Å². The number of rotatable bonds is 4. The molecule has 0 fully saturated rings. The van der Waals surface area contributed by atoms with Crippen molar-refractivity contribution in [3.05, 3.63) is 29.6 Å². The third-order valence-electron chi connectivity index (χ3n) is 2.82. The summed E-state index contributed by atoms with van der Waals surface area (Å²) < 4.78 is 6.59. The lowest BCUT2D eigenvalue weighted by atomic mass is 10.2. The predicted octanol–water partition coefficient (Wildman–Crippen LogP) is 2.30. The lowest BCUT2D eigenvalue weighted by molar-refractivity contribution is -0.141. The molecule has 0 radical (unpaired) electrons. The number of esters is 1. The minimum absolute atomic E-state index is 0.169. The first kappa shape index (κ1) is 12.9. The highest BCUT2D eigenvalue weighted by Gasteiger charge is 2.13. The molecular formula is C13H15ClN2O2. The van der Waals surface area contributed by atoms with E-state index in [1.54, 1.807) is 0 Å². The molecular weight excluding hydrogens is 252 g/mol. The number of nitrogens with zero attached hydrogens (tertiary/aromatic N) is 2. The van der Waals surface area contributed by atoms with E-state index in [4.69, 9.17) is 16.3 Å². The molecule has 18 heavy (non-hydrogen) atoms.